The predicted octanol–water partition coefficient (Wildman–Crippen LogP) is 3.46. The van der Waals surface area contributed by atoms with E-state index in [-0.39, 0.29) is 0 Å². The second-order valence-corrected chi connectivity index (χ2v) is 5.25. The Hall–Kier alpha value is -3.21. The number of carbonyl (C=O) groups excluding carboxylic acids is 1. The molecule has 2 aromatic carbocycles. The molecule has 0 saturated heterocycles. The Labute approximate surface area is 133 Å². The van der Waals surface area contributed by atoms with Crippen LogP contribution in [-0.4, -0.2) is 10.9 Å². The van der Waals surface area contributed by atoms with Crippen LogP contribution in [0.4, 0.5) is 5.69 Å². The highest BCUT2D eigenvalue weighted by molar-refractivity contribution is 5.95. The fraction of sp³-hybridized carbons (Fsp3) is 0.0556. The topological polar surface area (TPSA) is 94.1 Å². The van der Waals surface area contributed by atoms with Crippen molar-refractivity contribution in [3.63, 3.8) is 0 Å². The van der Waals surface area contributed by atoms with E-state index in [4.69, 9.17) is 16.2 Å². The van der Waals surface area contributed by atoms with Gasteiger partial charge in [0.05, 0.1) is 11.3 Å². The number of para-hydroxylation sites is 1. The van der Waals surface area contributed by atoms with E-state index in [1.54, 1.807) is 30.3 Å². The summed E-state index contributed by atoms with van der Waals surface area (Å²) in [5.41, 5.74) is 14.6. The lowest BCUT2D eigenvalue weighted by atomic mass is 10.1. The number of aryl methyl sites for hydroxylation is 1. The van der Waals surface area contributed by atoms with E-state index in [1.165, 1.54) is 0 Å². The lowest BCUT2D eigenvalue weighted by Crippen LogP contribution is -2.10. The van der Waals surface area contributed by atoms with Crippen LogP contribution in [0.25, 0.3) is 11.3 Å². The average molecular weight is 307 g/mol. The van der Waals surface area contributed by atoms with Crippen molar-refractivity contribution in [3.05, 3.63) is 65.9 Å². The number of nitrogens with two attached hydrogens (primary N) is 2. The van der Waals surface area contributed by atoms with Crippen LogP contribution >= 0.6 is 0 Å². The van der Waals surface area contributed by atoms with Gasteiger partial charge < -0.3 is 21.2 Å². The number of primary amides is 1. The molecule has 0 radical (unpaired) electrons. The number of nitrogen functional groups attached to an aromatic ring is 1. The molecule has 0 saturated carbocycles. The summed E-state index contributed by atoms with van der Waals surface area (Å²) in [6.07, 6.45) is 0. The molecule has 23 heavy (non-hydrogen) atoms. The van der Waals surface area contributed by atoms with Gasteiger partial charge in [-0.2, -0.15) is 0 Å². The predicted molar refractivity (Wildman–Crippen MR) is 90.4 cm³/mol. The van der Waals surface area contributed by atoms with Crippen LogP contribution in [0, 0.1) is 6.92 Å². The third-order valence-corrected chi connectivity index (χ3v) is 3.57. The minimum atomic E-state index is -0.457. The minimum absolute atomic E-state index is 0.457. The van der Waals surface area contributed by atoms with Crippen LogP contribution in [0.5, 0.6) is 11.5 Å². The van der Waals surface area contributed by atoms with Gasteiger partial charge in [0.15, 0.2) is 0 Å². The molecular weight excluding hydrogens is 290 g/mol. The highest BCUT2D eigenvalue weighted by Gasteiger charge is 2.14. The van der Waals surface area contributed by atoms with Gasteiger partial charge in [0, 0.05) is 16.9 Å². The molecule has 0 unspecified atom stereocenters. The van der Waals surface area contributed by atoms with Gasteiger partial charge in [0.2, 0.25) is 0 Å². The van der Waals surface area contributed by atoms with Crippen LogP contribution < -0.4 is 16.2 Å². The Morgan fingerprint density at radius 1 is 1.09 bits per heavy atom. The number of ether oxygens (including phenoxy) is 1. The summed E-state index contributed by atoms with van der Waals surface area (Å²) in [5, 5.41) is 0. The van der Waals surface area contributed by atoms with Crippen molar-refractivity contribution in [1.82, 2.24) is 4.98 Å². The molecule has 3 aromatic rings. The third kappa shape index (κ3) is 3.03. The molecule has 5 N–H and O–H groups in total. The Balaban J connectivity index is 1.99. The van der Waals surface area contributed by atoms with Crippen molar-refractivity contribution in [2.24, 2.45) is 5.73 Å². The van der Waals surface area contributed by atoms with E-state index < -0.39 is 5.91 Å². The van der Waals surface area contributed by atoms with Crippen LogP contribution in [0.1, 0.15) is 16.1 Å². The van der Waals surface area contributed by atoms with Gasteiger partial charge in [-0.1, -0.05) is 12.1 Å². The van der Waals surface area contributed by atoms with Gasteiger partial charge in [-0.15, -0.1) is 0 Å². The lowest BCUT2D eigenvalue weighted by molar-refractivity contribution is 0.1000. The van der Waals surface area contributed by atoms with Crippen LogP contribution in [0.2, 0.25) is 0 Å². The van der Waals surface area contributed by atoms with Gasteiger partial charge in [-0.05, 0) is 49.4 Å². The van der Waals surface area contributed by atoms with Crippen molar-refractivity contribution < 1.29 is 9.53 Å². The minimum Gasteiger partial charge on any atom is -0.457 e. The second-order valence-electron chi connectivity index (χ2n) is 5.25. The normalized spacial score (nSPS) is 10.5. The highest BCUT2D eigenvalue weighted by Crippen LogP contribution is 2.33. The number of aromatic amines is 1. The molecule has 3 rings (SSSR count). The Bertz CT molecular complexity index is 851. The SMILES string of the molecule is Cc1[nH]c(-c2ccccc2Oc2ccc(N)cc2)cc1C(N)=O. The Kier molecular flexibility index (Phi) is 3.76. The van der Waals surface area contributed by atoms with Crippen molar-refractivity contribution in [3.8, 4) is 22.8 Å². The van der Waals surface area contributed by atoms with Gasteiger partial charge in [-0.3, -0.25) is 4.79 Å². The molecular formula is C18H17N3O2. The molecule has 1 heterocycles. The standard InChI is InChI=1S/C18H17N3O2/c1-11-15(18(20)22)10-16(21-11)14-4-2-3-5-17(14)23-13-8-6-12(19)7-9-13/h2-10,21H,19H2,1H3,(H2,20,22). The first-order valence-corrected chi connectivity index (χ1v) is 7.17. The quantitative estimate of drug-likeness (QED) is 0.644. The Morgan fingerprint density at radius 2 is 1.78 bits per heavy atom. The molecule has 116 valence electrons. The summed E-state index contributed by atoms with van der Waals surface area (Å²) in [6.45, 7) is 1.81. The Morgan fingerprint density at radius 3 is 2.43 bits per heavy atom. The second kappa shape index (κ2) is 5.88. The smallest absolute Gasteiger partial charge is 0.250 e. The first-order valence-electron chi connectivity index (χ1n) is 7.17. The zero-order valence-electron chi connectivity index (χ0n) is 12.7. The van der Waals surface area contributed by atoms with Crippen molar-refractivity contribution in [2.75, 3.05) is 5.73 Å². The molecule has 5 nitrogen and oxygen atoms in total. The fourth-order valence-electron chi connectivity index (χ4n) is 2.40. The van der Waals surface area contributed by atoms with Gasteiger partial charge in [-0.25, -0.2) is 0 Å². The number of hydrogen-bond donors (Lipinski definition) is 3. The third-order valence-electron chi connectivity index (χ3n) is 3.57. The number of rotatable bonds is 4. The lowest BCUT2D eigenvalue weighted by Gasteiger charge is -2.10. The van der Waals surface area contributed by atoms with E-state index in [2.05, 4.69) is 4.98 Å². The first-order chi connectivity index (χ1) is 11.0. The maximum absolute atomic E-state index is 11.4. The summed E-state index contributed by atoms with van der Waals surface area (Å²) in [4.78, 5) is 14.6. The van der Waals surface area contributed by atoms with Gasteiger partial charge in [0.1, 0.15) is 11.5 Å². The molecule has 0 bridgehead atoms. The van der Waals surface area contributed by atoms with E-state index in [9.17, 15) is 4.79 Å². The summed E-state index contributed by atoms with van der Waals surface area (Å²) in [6, 6.07) is 16.5. The molecule has 0 fully saturated rings. The number of hydrogen-bond acceptors (Lipinski definition) is 3. The summed E-state index contributed by atoms with van der Waals surface area (Å²) < 4.78 is 5.94. The molecule has 1 amide bonds. The summed E-state index contributed by atoms with van der Waals surface area (Å²) in [5.74, 6) is 0.904. The van der Waals surface area contributed by atoms with Gasteiger partial charge >= 0.3 is 0 Å². The highest BCUT2D eigenvalue weighted by atomic mass is 16.5. The number of aromatic nitrogens is 1. The molecule has 0 aliphatic carbocycles. The number of anilines is 1. The van der Waals surface area contributed by atoms with Crippen molar-refractivity contribution in [2.45, 2.75) is 6.92 Å². The molecule has 0 aliphatic rings. The molecule has 0 spiro atoms. The zero-order valence-corrected chi connectivity index (χ0v) is 12.7. The summed E-state index contributed by atoms with van der Waals surface area (Å²) >= 11 is 0. The first kappa shape index (κ1) is 14.7. The molecule has 5 heteroatoms. The number of benzene rings is 2. The van der Waals surface area contributed by atoms with E-state index in [0.717, 1.165) is 17.0 Å². The monoisotopic (exact) mass is 307 g/mol. The maximum Gasteiger partial charge on any atom is 0.250 e. The number of nitrogens with one attached hydrogen (secondary N) is 1. The number of amides is 1. The van der Waals surface area contributed by atoms with Crippen LogP contribution in [0.3, 0.4) is 0 Å². The molecule has 0 atom stereocenters. The van der Waals surface area contributed by atoms with E-state index in [1.807, 2.05) is 31.2 Å². The number of carbonyl (C=O) groups is 1. The summed E-state index contributed by atoms with van der Waals surface area (Å²) in [7, 11) is 0. The van der Waals surface area contributed by atoms with Crippen molar-refractivity contribution >= 4 is 11.6 Å². The average Bonchev–Trinajstić information content (AvgIpc) is 2.92. The van der Waals surface area contributed by atoms with Crippen LogP contribution in [0.15, 0.2) is 54.6 Å². The fourth-order valence-corrected chi connectivity index (χ4v) is 2.40. The number of H-pyrrole nitrogens is 1. The van der Waals surface area contributed by atoms with E-state index >= 15 is 0 Å². The largest absolute Gasteiger partial charge is 0.457 e. The van der Waals surface area contributed by atoms with Crippen LogP contribution in [-0.2, 0) is 0 Å². The molecule has 0 aliphatic heterocycles. The molecule has 1 aromatic heterocycles. The van der Waals surface area contributed by atoms with E-state index in [0.29, 0.717) is 22.7 Å². The maximum atomic E-state index is 11.4. The van der Waals surface area contributed by atoms with Crippen molar-refractivity contribution in [1.29, 1.82) is 0 Å². The van der Waals surface area contributed by atoms with Gasteiger partial charge in [0.25, 0.3) is 5.91 Å². The zero-order chi connectivity index (χ0) is 16.4.